The molecular formula is C25H25NO3. The summed E-state index contributed by atoms with van der Waals surface area (Å²) in [6.45, 7) is -0.256. The third-order valence-electron chi connectivity index (χ3n) is 5.58. The van der Waals surface area contributed by atoms with Crippen LogP contribution in [0.4, 0.5) is 5.69 Å². The highest BCUT2D eigenvalue weighted by atomic mass is 16.5. The van der Waals surface area contributed by atoms with Crippen LogP contribution in [0, 0.1) is 0 Å². The molecule has 0 radical (unpaired) electrons. The van der Waals surface area contributed by atoms with E-state index in [1.165, 1.54) is 6.42 Å². The first-order chi connectivity index (χ1) is 14.2. The summed E-state index contributed by atoms with van der Waals surface area (Å²) < 4.78 is 5.46. The molecule has 4 heteroatoms. The number of carbonyl (C=O) groups excluding carboxylic acids is 2. The average Bonchev–Trinajstić information content (AvgIpc) is 2.79. The minimum absolute atomic E-state index is 0.162. The molecule has 4 nitrogen and oxygen atoms in total. The Morgan fingerprint density at radius 1 is 0.828 bits per heavy atom. The van der Waals surface area contributed by atoms with Crippen LogP contribution in [0.5, 0.6) is 0 Å². The molecule has 1 aliphatic rings. The lowest BCUT2D eigenvalue weighted by Crippen LogP contribution is -2.43. The van der Waals surface area contributed by atoms with E-state index in [-0.39, 0.29) is 18.6 Å². The second kappa shape index (κ2) is 8.91. The lowest BCUT2D eigenvalue weighted by molar-refractivity contribution is -0.122. The van der Waals surface area contributed by atoms with Crippen molar-refractivity contribution in [3.8, 4) is 0 Å². The Bertz CT molecular complexity index is 988. The van der Waals surface area contributed by atoms with Crippen LogP contribution in [-0.2, 0) is 9.53 Å². The summed E-state index contributed by atoms with van der Waals surface area (Å²) in [4.78, 5) is 27.6. The number of rotatable bonds is 5. The van der Waals surface area contributed by atoms with Crippen LogP contribution in [0.1, 0.15) is 42.5 Å². The third kappa shape index (κ3) is 4.32. The third-order valence-corrected chi connectivity index (χ3v) is 5.58. The maximum Gasteiger partial charge on any atom is 0.339 e. The second-order valence-electron chi connectivity index (χ2n) is 7.49. The van der Waals surface area contributed by atoms with Crippen molar-refractivity contribution in [1.82, 2.24) is 0 Å². The maximum absolute atomic E-state index is 13.1. The molecular weight excluding hydrogens is 362 g/mol. The van der Waals surface area contributed by atoms with Crippen LogP contribution in [0.15, 0.2) is 72.8 Å². The van der Waals surface area contributed by atoms with E-state index in [0.717, 1.165) is 42.1 Å². The van der Waals surface area contributed by atoms with E-state index >= 15 is 0 Å². The molecule has 0 N–H and O–H groups in total. The number of amides is 1. The van der Waals surface area contributed by atoms with Crippen LogP contribution in [0.3, 0.4) is 0 Å². The quantitative estimate of drug-likeness (QED) is 0.554. The molecule has 0 aliphatic heterocycles. The molecule has 3 aromatic carbocycles. The summed E-state index contributed by atoms with van der Waals surface area (Å²) in [5, 5.41) is 1.81. The van der Waals surface area contributed by atoms with Crippen LogP contribution >= 0.6 is 0 Å². The van der Waals surface area contributed by atoms with E-state index in [0.29, 0.717) is 5.56 Å². The Morgan fingerprint density at radius 2 is 1.52 bits per heavy atom. The topological polar surface area (TPSA) is 46.6 Å². The molecule has 0 atom stereocenters. The van der Waals surface area contributed by atoms with E-state index in [4.69, 9.17) is 4.74 Å². The first-order valence-corrected chi connectivity index (χ1v) is 10.3. The Morgan fingerprint density at radius 3 is 2.31 bits per heavy atom. The molecule has 4 rings (SSSR count). The summed E-state index contributed by atoms with van der Waals surface area (Å²) in [5.41, 5.74) is 1.35. The van der Waals surface area contributed by atoms with Gasteiger partial charge in [-0.1, -0.05) is 73.9 Å². The predicted molar refractivity (Wildman–Crippen MR) is 115 cm³/mol. The van der Waals surface area contributed by atoms with Gasteiger partial charge in [0.05, 0.1) is 5.56 Å². The molecule has 29 heavy (non-hydrogen) atoms. The Kier molecular flexibility index (Phi) is 5.89. The molecule has 148 valence electrons. The number of para-hydroxylation sites is 1. The van der Waals surface area contributed by atoms with Crippen molar-refractivity contribution in [1.29, 1.82) is 0 Å². The lowest BCUT2D eigenvalue weighted by atomic mass is 9.93. The minimum Gasteiger partial charge on any atom is -0.452 e. The molecule has 0 saturated heterocycles. The van der Waals surface area contributed by atoms with Gasteiger partial charge in [-0.05, 0) is 41.8 Å². The van der Waals surface area contributed by atoms with Crippen molar-refractivity contribution in [2.24, 2.45) is 0 Å². The zero-order chi connectivity index (χ0) is 20.1. The highest BCUT2D eigenvalue weighted by Gasteiger charge is 2.27. The standard InChI is InChI=1S/C25H25NO3/c27-24(26(20-12-3-1-4-13-20)21-14-5-2-6-15-21)18-29-25(28)23-17-9-11-19-10-7-8-16-22(19)23/h1,3-4,7-13,16-17,21H,2,5-6,14-15,18H2. The van der Waals surface area contributed by atoms with E-state index in [1.54, 1.807) is 6.07 Å². The van der Waals surface area contributed by atoms with Crippen molar-refractivity contribution in [3.05, 3.63) is 78.4 Å². The zero-order valence-corrected chi connectivity index (χ0v) is 16.4. The first kappa shape index (κ1) is 19.2. The van der Waals surface area contributed by atoms with E-state index in [1.807, 2.05) is 71.6 Å². The average molecular weight is 387 g/mol. The smallest absolute Gasteiger partial charge is 0.339 e. The Labute approximate surface area is 171 Å². The molecule has 3 aromatic rings. The van der Waals surface area contributed by atoms with Gasteiger partial charge >= 0.3 is 5.97 Å². The summed E-state index contributed by atoms with van der Waals surface area (Å²) in [7, 11) is 0. The van der Waals surface area contributed by atoms with Crippen molar-refractivity contribution in [2.45, 2.75) is 38.1 Å². The van der Waals surface area contributed by atoms with Gasteiger partial charge in [-0.3, -0.25) is 4.79 Å². The number of esters is 1. The Balaban J connectivity index is 1.51. The van der Waals surface area contributed by atoms with Gasteiger partial charge in [-0.25, -0.2) is 4.79 Å². The van der Waals surface area contributed by atoms with Gasteiger partial charge in [-0.15, -0.1) is 0 Å². The lowest BCUT2D eigenvalue weighted by Gasteiger charge is -2.34. The van der Waals surface area contributed by atoms with Crippen LogP contribution in [0.25, 0.3) is 10.8 Å². The number of anilines is 1. The van der Waals surface area contributed by atoms with Crippen LogP contribution < -0.4 is 4.90 Å². The summed E-state index contributed by atoms with van der Waals surface area (Å²) in [5.74, 6) is -0.636. The van der Waals surface area contributed by atoms with Crippen molar-refractivity contribution >= 4 is 28.3 Å². The molecule has 0 spiro atoms. The largest absolute Gasteiger partial charge is 0.452 e. The van der Waals surface area contributed by atoms with Crippen molar-refractivity contribution in [2.75, 3.05) is 11.5 Å². The maximum atomic E-state index is 13.1. The number of carbonyl (C=O) groups is 2. The van der Waals surface area contributed by atoms with Crippen LogP contribution in [-0.4, -0.2) is 24.5 Å². The number of nitrogens with zero attached hydrogens (tertiary/aromatic N) is 1. The van der Waals surface area contributed by atoms with Crippen LogP contribution in [0.2, 0.25) is 0 Å². The summed E-state index contributed by atoms with van der Waals surface area (Å²) in [6, 6.07) is 23.1. The molecule has 1 aliphatic carbocycles. The van der Waals surface area contributed by atoms with Gasteiger partial charge in [0, 0.05) is 11.7 Å². The minimum atomic E-state index is -0.466. The highest BCUT2D eigenvalue weighted by Crippen LogP contribution is 2.27. The fourth-order valence-electron chi connectivity index (χ4n) is 4.16. The molecule has 1 amide bonds. The molecule has 1 saturated carbocycles. The van der Waals surface area contributed by atoms with Gasteiger partial charge in [0.25, 0.3) is 5.91 Å². The molecule has 0 unspecified atom stereocenters. The SMILES string of the molecule is O=C(OCC(=O)N(c1ccccc1)C1CCCCC1)c1cccc2ccccc12. The number of benzene rings is 3. The number of ether oxygens (including phenoxy) is 1. The van der Waals surface area contributed by atoms with Gasteiger partial charge in [0.2, 0.25) is 0 Å². The van der Waals surface area contributed by atoms with Gasteiger partial charge in [0.15, 0.2) is 6.61 Å². The molecule has 1 fully saturated rings. The van der Waals surface area contributed by atoms with Crippen molar-refractivity contribution < 1.29 is 14.3 Å². The number of hydrogen-bond acceptors (Lipinski definition) is 3. The van der Waals surface area contributed by atoms with E-state index in [2.05, 4.69) is 0 Å². The van der Waals surface area contributed by atoms with E-state index < -0.39 is 5.97 Å². The van der Waals surface area contributed by atoms with E-state index in [9.17, 15) is 9.59 Å². The Hall–Kier alpha value is -3.14. The van der Waals surface area contributed by atoms with Crippen molar-refractivity contribution in [3.63, 3.8) is 0 Å². The molecule has 0 aromatic heterocycles. The highest BCUT2D eigenvalue weighted by molar-refractivity contribution is 6.05. The van der Waals surface area contributed by atoms with Gasteiger partial charge in [0.1, 0.15) is 0 Å². The monoisotopic (exact) mass is 387 g/mol. The molecule has 0 heterocycles. The first-order valence-electron chi connectivity index (χ1n) is 10.3. The normalized spacial score (nSPS) is 14.5. The van der Waals surface area contributed by atoms with Gasteiger partial charge in [-0.2, -0.15) is 0 Å². The number of fused-ring (bicyclic) bond motifs is 1. The second-order valence-corrected chi connectivity index (χ2v) is 7.49. The fourth-order valence-corrected chi connectivity index (χ4v) is 4.16. The predicted octanol–water partition coefficient (Wildman–Crippen LogP) is 5.36. The zero-order valence-electron chi connectivity index (χ0n) is 16.4. The summed E-state index contributed by atoms with van der Waals surface area (Å²) in [6.07, 6.45) is 5.42. The fraction of sp³-hybridized carbons (Fsp3) is 0.280. The number of hydrogen-bond donors (Lipinski definition) is 0. The summed E-state index contributed by atoms with van der Waals surface area (Å²) >= 11 is 0. The molecule has 0 bridgehead atoms. The van der Waals surface area contributed by atoms with Gasteiger partial charge < -0.3 is 9.64 Å².